The number of carbonyl (C=O) groups is 1. The molecule has 3 aromatic rings. The van der Waals surface area contributed by atoms with Gasteiger partial charge in [0.25, 0.3) is 0 Å². The highest BCUT2D eigenvalue weighted by Gasteiger charge is 2.35. The Labute approximate surface area is 208 Å². The molecule has 0 saturated heterocycles. The molecule has 0 bridgehead atoms. The van der Waals surface area contributed by atoms with Gasteiger partial charge in [0.1, 0.15) is 5.54 Å². The number of nitrogens with zero attached hydrogens (tertiary/aromatic N) is 4. The Hall–Kier alpha value is -3.51. The highest BCUT2D eigenvalue weighted by atomic mass is 32.2. The summed E-state index contributed by atoms with van der Waals surface area (Å²) >= 11 is 1.35. The average Bonchev–Trinajstić information content (AvgIpc) is 3.52. The topological polar surface area (TPSA) is 102 Å². The molecule has 2 aromatic carbocycles. The van der Waals surface area contributed by atoms with Crippen LogP contribution in [0.4, 0.5) is 0 Å². The van der Waals surface area contributed by atoms with E-state index in [1.54, 1.807) is 0 Å². The zero-order valence-electron chi connectivity index (χ0n) is 19.6. The number of aromatic nitrogens is 3. The third-order valence-corrected chi connectivity index (χ3v) is 7.54. The van der Waals surface area contributed by atoms with Crippen molar-refractivity contribution in [3.63, 3.8) is 0 Å². The van der Waals surface area contributed by atoms with Crippen LogP contribution in [-0.2, 0) is 11.3 Å². The van der Waals surface area contributed by atoms with E-state index in [1.807, 2.05) is 60.0 Å². The third-order valence-electron chi connectivity index (χ3n) is 6.46. The molecule has 1 saturated carbocycles. The van der Waals surface area contributed by atoms with Gasteiger partial charge in [-0.15, -0.1) is 10.2 Å². The average molecular weight is 490 g/mol. The Balaban J connectivity index is 1.40. The van der Waals surface area contributed by atoms with Crippen molar-refractivity contribution in [3.05, 3.63) is 54.1 Å². The number of rotatable bonds is 7. The first-order valence-corrected chi connectivity index (χ1v) is 12.7. The van der Waals surface area contributed by atoms with Crippen LogP contribution in [0.25, 0.3) is 11.4 Å². The van der Waals surface area contributed by atoms with Gasteiger partial charge in [0.15, 0.2) is 22.5 Å². The zero-order chi connectivity index (χ0) is 24.3. The van der Waals surface area contributed by atoms with Gasteiger partial charge in [0.2, 0.25) is 12.7 Å². The zero-order valence-corrected chi connectivity index (χ0v) is 20.4. The summed E-state index contributed by atoms with van der Waals surface area (Å²) in [7, 11) is 0. The van der Waals surface area contributed by atoms with Crippen molar-refractivity contribution in [2.45, 2.75) is 61.5 Å². The van der Waals surface area contributed by atoms with Crippen molar-refractivity contribution in [2.75, 3.05) is 6.79 Å². The van der Waals surface area contributed by atoms with Gasteiger partial charge >= 0.3 is 0 Å². The Morgan fingerprint density at radius 2 is 1.91 bits per heavy atom. The minimum absolute atomic E-state index is 0.155. The number of benzene rings is 2. The van der Waals surface area contributed by atoms with Gasteiger partial charge in [-0.2, -0.15) is 5.26 Å². The quantitative estimate of drug-likeness (QED) is 0.486. The van der Waals surface area contributed by atoms with E-state index in [0.29, 0.717) is 30.3 Å². The molecule has 1 atom stereocenters. The second kappa shape index (κ2) is 10.0. The van der Waals surface area contributed by atoms with Crippen LogP contribution >= 0.6 is 11.8 Å². The Morgan fingerprint density at radius 3 is 2.69 bits per heavy atom. The lowest BCUT2D eigenvalue weighted by molar-refractivity contribution is -0.121. The molecule has 9 heteroatoms. The molecule has 1 amide bonds. The smallest absolute Gasteiger partial charge is 0.234 e. The van der Waals surface area contributed by atoms with Crippen molar-refractivity contribution < 1.29 is 14.3 Å². The standard InChI is InChI=1S/C26H27N5O3S/c1-18(24(32)28-26(16-27)12-6-3-7-13-26)35-25-30-29-23(20-8-4-2-5-9-20)31(25)15-19-10-11-21-22(14-19)34-17-33-21/h2,4-5,8-11,14,18H,3,6-7,12-13,15,17H2,1H3,(H,28,32)/t18-/m0/s1. The van der Waals surface area contributed by atoms with Crippen molar-refractivity contribution in [1.82, 2.24) is 20.1 Å². The fourth-order valence-electron chi connectivity index (χ4n) is 4.51. The SMILES string of the molecule is C[C@H](Sc1nnc(-c2ccccc2)n1Cc1ccc2c(c1)OCO2)C(=O)NC1(C#N)CCCCC1. The van der Waals surface area contributed by atoms with Crippen molar-refractivity contribution >= 4 is 17.7 Å². The van der Waals surface area contributed by atoms with Gasteiger partial charge in [-0.1, -0.05) is 67.4 Å². The highest BCUT2D eigenvalue weighted by Crippen LogP contribution is 2.34. The summed E-state index contributed by atoms with van der Waals surface area (Å²) in [6.45, 7) is 2.57. The maximum Gasteiger partial charge on any atom is 0.234 e. The van der Waals surface area contributed by atoms with Crippen LogP contribution in [0.3, 0.4) is 0 Å². The van der Waals surface area contributed by atoms with Crippen molar-refractivity contribution in [1.29, 1.82) is 5.26 Å². The number of nitriles is 1. The largest absolute Gasteiger partial charge is 0.454 e. The first-order chi connectivity index (χ1) is 17.1. The lowest BCUT2D eigenvalue weighted by Crippen LogP contribution is -2.51. The molecule has 2 aliphatic rings. The predicted octanol–water partition coefficient (Wildman–Crippen LogP) is 4.55. The molecule has 0 radical (unpaired) electrons. The van der Waals surface area contributed by atoms with Gasteiger partial charge in [-0.3, -0.25) is 9.36 Å². The number of thioether (sulfide) groups is 1. The summed E-state index contributed by atoms with van der Waals surface area (Å²) in [6.07, 6.45) is 4.42. The molecule has 5 rings (SSSR count). The minimum atomic E-state index is -0.764. The molecule has 35 heavy (non-hydrogen) atoms. The van der Waals surface area contributed by atoms with Crippen LogP contribution in [-0.4, -0.2) is 38.3 Å². The molecule has 1 N–H and O–H groups in total. The normalized spacial score (nSPS) is 16.9. The maximum atomic E-state index is 13.1. The van der Waals surface area contributed by atoms with E-state index in [0.717, 1.165) is 42.0 Å². The lowest BCUT2D eigenvalue weighted by Gasteiger charge is -2.32. The molecule has 180 valence electrons. The highest BCUT2D eigenvalue weighted by molar-refractivity contribution is 8.00. The molecule has 2 heterocycles. The van der Waals surface area contributed by atoms with Gasteiger partial charge < -0.3 is 14.8 Å². The fraction of sp³-hybridized carbons (Fsp3) is 0.385. The monoisotopic (exact) mass is 489 g/mol. The van der Waals surface area contributed by atoms with E-state index in [9.17, 15) is 10.1 Å². The Bertz CT molecular complexity index is 1250. The Kier molecular flexibility index (Phi) is 6.64. The molecule has 1 aliphatic carbocycles. The number of hydrogen-bond acceptors (Lipinski definition) is 7. The van der Waals surface area contributed by atoms with Gasteiger partial charge in [0.05, 0.1) is 17.9 Å². The number of amides is 1. The van der Waals surface area contributed by atoms with Crippen LogP contribution in [0, 0.1) is 11.3 Å². The number of ether oxygens (including phenoxy) is 2. The van der Waals surface area contributed by atoms with Crippen molar-refractivity contribution in [2.24, 2.45) is 0 Å². The minimum Gasteiger partial charge on any atom is -0.454 e. The molecular formula is C26H27N5O3S. The summed E-state index contributed by atoms with van der Waals surface area (Å²) < 4.78 is 13.0. The van der Waals surface area contributed by atoms with E-state index >= 15 is 0 Å². The van der Waals surface area contributed by atoms with Crippen LogP contribution in [0.5, 0.6) is 11.5 Å². The van der Waals surface area contributed by atoms with Gasteiger partial charge in [-0.05, 0) is 37.5 Å². The lowest BCUT2D eigenvalue weighted by atomic mass is 9.83. The predicted molar refractivity (Wildman–Crippen MR) is 132 cm³/mol. The van der Waals surface area contributed by atoms with Gasteiger partial charge in [-0.25, -0.2) is 0 Å². The summed E-state index contributed by atoms with van der Waals surface area (Å²) in [4.78, 5) is 13.1. The number of hydrogen-bond donors (Lipinski definition) is 1. The van der Waals surface area contributed by atoms with Crippen LogP contribution in [0.15, 0.2) is 53.7 Å². The number of nitrogens with one attached hydrogen (secondary N) is 1. The summed E-state index contributed by atoms with van der Waals surface area (Å²) in [5.41, 5.74) is 1.19. The van der Waals surface area contributed by atoms with E-state index in [1.165, 1.54) is 11.8 Å². The van der Waals surface area contributed by atoms with Crippen LogP contribution in [0.1, 0.15) is 44.6 Å². The van der Waals surface area contributed by atoms with E-state index in [4.69, 9.17) is 9.47 Å². The van der Waals surface area contributed by atoms with Crippen LogP contribution in [0.2, 0.25) is 0 Å². The second-order valence-electron chi connectivity index (χ2n) is 8.95. The van der Waals surface area contributed by atoms with Crippen LogP contribution < -0.4 is 14.8 Å². The summed E-state index contributed by atoms with van der Waals surface area (Å²) in [6, 6.07) is 18.1. The summed E-state index contributed by atoms with van der Waals surface area (Å²) in [5.74, 6) is 2.01. The van der Waals surface area contributed by atoms with E-state index in [-0.39, 0.29) is 12.7 Å². The first kappa shape index (κ1) is 23.2. The van der Waals surface area contributed by atoms with Crippen molar-refractivity contribution in [3.8, 4) is 29.0 Å². The molecule has 0 unspecified atom stereocenters. The molecule has 1 aliphatic heterocycles. The molecule has 1 fully saturated rings. The first-order valence-electron chi connectivity index (χ1n) is 11.8. The third kappa shape index (κ3) is 4.98. The molecule has 8 nitrogen and oxygen atoms in total. The molecule has 1 aromatic heterocycles. The fourth-order valence-corrected chi connectivity index (χ4v) is 5.36. The van der Waals surface area contributed by atoms with Gasteiger partial charge in [0, 0.05) is 5.56 Å². The van der Waals surface area contributed by atoms with E-state index in [2.05, 4.69) is 21.6 Å². The Morgan fingerprint density at radius 1 is 1.14 bits per heavy atom. The maximum absolute atomic E-state index is 13.1. The number of fused-ring (bicyclic) bond motifs is 1. The molecular weight excluding hydrogens is 462 g/mol. The number of carbonyl (C=O) groups excluding carboxylic acids is 1. The van der Waals surface area contributed by atoms with E-state index < -0.39 is 10.8 Å². The second-order valence-corrected chi connectivity index (χ2v) is 10.3. The molecule has 0 spiro atoms. The summed E-state index contributed by atoms with van der Waals surface area (Å²) in [5, 5.41) is 21.9.